The van der Waals surface area contributed by atoms with Crippen molar-refractivity contribution in [1.29, 1.82) is 0 Å². The molecule has 0 saturated heterocycles. The lowest BCUT2D eigenvalue weighted by Crippen LogP contribution is -2.28. The molecule has 118 valence electrons. The molecule has 1 aromatic carbocycles. The first-order chi connectivity index (χ1) is 9.96. The van der Waals surface area contributed by atoms with Gasteiger partial charge in [-0.15, -0.1) is 0 Å². The van der Waals surface area contributed by atoms with Crippen LogP contribution in [0.15, 0.2) is 18.2 Å². The van der Waals surface area contributed by atoms with E-state index in [0.717, 1.165) is 19.5 Å². The van der Waals surface area contributed by atoms with Crippen LogP contribution in [0.5, 0.6) is 5.75 Å². The predicted octanol–water partition coefficient (Wildman–Crippen LogP) is 2.58. The molecule has 1 atom stereocenters. The molecule has 5 heteroatoms. The van der Waals surface area contributed by atoms with Crippen LogP contribution in [-0.2, 0) is 4.79 Å². The van der Waals surface area contributed by atoms with Crippen LogP contribution in [0.2, 0.25) is 0 Å². The minimum Gasteiger partial charge on any atom is -0.494 e. The van der Waals surface area contributed by atoms with Gasteiger partial charge in [0.25, 0.3) is 0 Å². The second-order valence-electron chi connectivity index (χ2n) is 5.53. The monoisotopic (exact) mass is 293 g/mol. The molecule has 0 aliphatic carbocycles. The van der Waals surface area contributed by atoms with E-state index < -0.39 is 0 Å². The Morgan fingerprint density at radius 1 is 1.48 bits per heavy atom. The van der Waals surface area contributed by atoms with Crippen molar-refractivity contribution < 1.29 is 9.53 Å². The van der Waals surface area contributed by atoms with Gasteiger partial charge in [-0.3, -0.25) is 4.79 Å². The van der Waals surface area contributed by atoms with Crippen LogP contribution >= 0.6 is 0 Å². The van der Waals surface area contributed by atoms with Crippen LogP contribution in [-0.4, -0.2) is 38.1 Å². The number of nitrogens with zero attached hydrogens (tertiary/aromatic N) is 1. The minimum absolute atomic E-state index is 0.0194. The van der Waals surface area contributed by atoms with Crippen molar-refractivity contribution in [1.82, 2.24) is 4.90 Å². The van der Waals surface area contributed by atoms with Gasteiger partial charge < -0.3 is 20.7 Å². The molecule has 0 aliphatic rings. The molecular formula is C16H27N3O2. The highest BCUT2D eigenvalue weighted by Crippen LogP contribution is 2.26. The standard InChI is InChI=1S/C16H27N3O2/c1-5-12(2)11-19(3)9-8-16(20)18-14-7-6-13(17)10-15(14)21-4/h6-7,10,12H,5,8-9,11,17H2,1-4H3,(H,18,20). The van der Waals surface area contributed by atoms with Crippen molar-refractivity contribution in [2.75, 3.05) is 38.3 Å². The third-order valence-electron chi connectivity index (χ3n) is 3.54. The number of carbonyl (C=O) groups excluding carboxylic acids is 1. The second-order valence-corrected chi connectivity index (χ2v) is 5.53. The minimum atomic E-state index is -0.0194. The van der Waals surface area contributed by atoms with Crippen molar-refractivity contribution in [3.63, 3.8) is 0 Å². The Balaban J connectivity index is 2.47. The molecule has 21 heavy (non-hydrogen) atoms. The van der Waals surface area contributed by atoms with Crippen molar-refractivity contribution in [2.45, 2.75) is 26.7 Å². The molecule has 0 radical (unpaired) electrons. The van der Waals surface area contributed by atoms with Gasteiger partial charge in [0.05, 0.1) is 12.8 Å². The number of nitrogens with one attached hydrogen (secondary N) is 1. The molecule has 1 amide bonds. The fraction of sp³-hybridized carbons (Fsp3) is 0.562. The van der Waals surface area contributed by atoms with Crippen molar-refractivity contribution in [2.24, 2.45) is 5.92 Å². The summed E-state index contributed by atoms with van der Waals surface area (Å²) < 4.78 is 5.21. The summed E-state index contributed by atoms with van der Waals surface area (Å²) in [5.74, 6) is 1.21. The Bertz CT molecular complexity index is 463. The van der Waals surface area contributed by atoms with E-state index in [2.05, 4.69) is 24.1 Å². The molecule has 3 N–H and O–H groups in total. The smallest absolute Gasteiger partial charge is 0.225 e. The van der Waals surface area contributed by atoms with Gasteiger partial charge in [0.1, 0.15) is 5.75 Å². The van der Waals surface area contributed by atoms with Gasteiger partial charge in [-0.05, 0) is 25.1 Å². The summed E-state index contributed by atoms with van der Waals surface area (Å²) in [7, 11) is 3.60. The average Bonchev–Trinajstić information content (AvgIpc) is 2.46. The SMILES string of the molecule is CCC(C)CN(C)CCC(=O)Nc1ccc(N)cc1OC. The van der Waals surface area contributed by atoms with Gasteiger partial charge >= 0.3 is 0 Å². The number of benzene rings is 1. The zero-order valence-electron chi connectivity index (χ0n) is 13.5. The summed E-state index contributed by atoms with van der Waals surface area (Å²) in [5.41, 5.74) is 6.96. The lowest BCUT2D eigenvalue weighted by Gasteiger charge is -2.20. The maximum absolute atomic E-state index is 12.0. The highest BCUT2D eigenvalue weighted by atomic mass is 16.5. The van der Waals surface area contributed by atoms with Crippen LogP contribution in [0.4, 0.5) is 11.4 Å². The van der Waals surface area contributed by atoms with Crippen LogP contribution < -0.4 is 15.8 Å². The van der Waals surface area contributed by atoms with Crippen molar-refractivity contribution >= 4 is 17.3 Å². The molecule has 0 spiro atoms. The Hall–Kier alpha value is -1.75. The summed E-state index contributed by atoms with van der Waals surface area (Å²) in [6.07, 6.45) is 1.61. The molecule has 0 saturated carbocycles. The van der Waals surface area contributed by atoms with E-state index in [1.54, 1.807) is 25.3 Å². The van der Waals surface area contributed by atoms with Crippen LogP contribution in [0.3, 0.4) is 0 Å². The number of ether oxygens (including phenoxy) is 1. The molecule has 0 aliphatic heterocycles. The first-order valence-corrected chi connectivity index (χ1v) is 7.38. The quantitative estimate of drug-likeness (QED) is 0.723. The second kappa shape index (κ2) is 8.52. The molecule has 0 bridgehead atoms. The van der Waals surface area contributed by atoms with E-state index >= 15 is 0 Å². The van der Waals surface area contributed by atoms with E-state index in [1.165, 1.54) is 0 Å². The zero-order chi connectivity index (χ0) is 15.8. The lowest BCUT2D eigenvalue weighted by atomic mass is 10.1. The van der Waals surface area contributed by atoms with E-state index in [1.807, 2.05) is 7.05 Å². The topological polar surface area (TPSA) is 67.6 Å². The van der Waals surface area contributed by atoms with E-state index in [-0.39, 0.29) is 5.91 Å². The number of nitrogens with two attached hydrogens (primary N) is 1. The fourth-order valence-electron chi connectivity index (χ4n) is 2.07. The molecule has 1 unspecified atom stereocenters. The summed E-state index contributed by atoms with van der Waals surface area (Å²) in [4.78, 5) is 14.2. The maximum Gasteiger partial charge on any atom is 0.225 e. The number of carbonyl (C=O) groups is 1. The van der Waals surface area contributed by atoms with Gasteiger partial charge in [0.2, 0.25) is 5.91 Å². The molecule has 1 rings (SSSR count). The number of hydrogen-bond acceptors (Lipinski definition) is 4. The Morgan fingerprint density at radius 2 is 2.19 bits per heavy atom. The first kappa shape index (κ1) is 17.3. The van der Waals surface area contributed by atoms with Gasteiger partial charge in [-0.1, -0.05) is 20.3 Å². The van der Waals surface area contributed by atoms with Gasteiger partial charge in [-0.25, -0.2) is 0 Å². The number of hydrogen-bond donors (Lipinski definition) is 2. The molecule has 5 nitrogen and oxygen atoms in total. The number of methoxy groups -OCH3 is 1. The van der Waals surface area contributed by atoms with Crippen LogP contribution in [0.25, 0.3) is 0 Å². The van der Waals surface area contributed by atoms with Gasteiger partial charge in [0, 0.05) is 31.3 Å². The molecule has 0 aromatic heterocycles. The first-order valence-electron chi connectivity index (χ1n) is 7.38. The predicted molar refractivity (Wildman–Crippen MR) is 87.6 cm³/mol. The molecule has 0 fully saturated rings. The Labute approximate surface area is 127 Å². The van der Waals surface area contributed by atoms with E-state index in [4.69, 9.17) is 10.5 Å². The fourth-order valence-corrected chi connectivity index (χ4v) is 2.07. The number of amides is 1. The third-order valence-corrected chi connectivity index (χ3v) is 3.54. The Morgan fingerprint density at radius 3 is 2.81 bits per heavy atom. The van der Waals surface area contributed by atoms with Crippen molar-refractivity contribution in [3.05, 3.63) is 18.2 Å². The largest absolute Gasteiger partial charge is 0.494 e. The zero-order valence-corrected chi connectivity index (χ0v) is 13.5. The van der Waals surface area contributed by atoms with Crippen LogP contribution in [0.1, 0.15) is 26.7 Å². The lowest BCUT2D eigenvalue weighted by molar-refractivity contribution is -0.116. The number of nitrogen functional groups attached to an aromatic ring is 1. The highest BCUT2D eigenvalue weighted by molar-refractivity contribution is 5.92. The van der Waals surface area contributed by atoms with Crippen molar-refractivity contribution in [3.8, 4) is 5.75 Å². The average molecular weight is 293 g/mol. The summed E-state index contributed by atoms with van der Waals surface area (Å²) in [5, 5.41) is 2.87. The molecule has 0 heterocycles. The van der Waals surface area contributed by atoms with Gasteiger partial charge in [-0.2, -0.15) is 0 Å². The Kier molecular flexibility index (Phi) is 7.02. The van der Waals surface area contributed by atoms with Crippen LogP contribution in [0, 0.1) is 5.92 Å². The highest BCUT2D eigenvalue weighted by Gasteiger charge is 2.10. The number of rotatable bonds is 8. The third kappa shape index (κ3) is 6.04. The summed E-state index contributed by atoms with van der Waals surface area (Å²) in [6.45, 7) is 6.15. The summed E-state index contributed by atoms with van der Waals surface area (Å²) >= 11 is 0. The summed E-state index contributed by atoms with van der Waals surface area (Å²) in [6, 6.07) is 5.20. The molecule has 1 aromatic rings. The van der Waals surface area contributed by atoms with E-state index in [9.17, 15) is 4.79 Å². The maximum atomic E-state index is 12.0. The number of anilines is 2. The normalized spacial score (nSPS) is 12.2. The van der Waals surface area contributed by atoms with Gasteiger partial charge in [0.15, 0.2) is 0 Å². The van der Waals surface area contributed by atoms with E-state index in [0.29, 0.717) is 29.5 Å². The molecular weight excluding hydrogens is 266 g/mol.